The van der Waals surface area contributed by atoms with Crippen molar-refractivity contribution in [2.75, 3.05) is 0 Å². The first kappa shape index (κ1) is 15.0. The second kappa shape index (κ2) is 6.84. The Hall–Kier alpha value is -0.420. The van der Waals surface area contributed by atoms with E-state index in [2.05, 4.69) is 6.92 Å². The Labute approximate surface area is 115 Å². The fraction of sp³-hybridized carbons (Fsp3) is 0.867. The summed E-state index contributed by atoms with van der Waals surface area (Å²) in [5.74, 6) is 0.187. The molecule has 0 aromatic heterocycles. The minimum atomic E-state index is -0.687. The van der Waals surface area contributed by atoms with E-state index < -0.39 is 18.5 Å². The third-order valence-corrected chi connectivity index (χ3v) is 4.35. The van der Waals surface area contributed by atoms with E-state index in [0.717, 1.165) is 25.7 Å². The molecule has 0 aromatic carbocycles. The Kier molecular flexibility index (Phi) is 5.39. The summed E-state index contributed by atoms with van der Waals surface area (Å²) in [6.07, 6.45) is 7.44. The van der Waals surface area contributed by atoms with Crippen molar-refractivity contribution < 1.29 is 20.1 Å². The summed E-state index contributed by atoms with van der Waals surface area (Å²) >= 11 is 0. The van der Waals surface area contributed by atoms with Crippen LogP contribution in [0.4, 0.5) is 0 Å². The molecule has 19 heavy (non-hydrogen) atoms. The molecule has 4 heteroatoms. The smallest absolute Gasteiger partial charge is 0.155 e. The molecule has 1 aliphatic carbocycles. The van der Waals surface area contributed by atoms with Crippen LogP contribution in [0, 0.1) is 11.8 Å². The van der Waals surface area contributed by atoms with Gasteiger partial charge in [0.25, 0.3) is 0 Å². The van der Waals surface area contributed by atoms with Gasteiger partial charge in [-0.05, 0) is 12.3 Å². The molecular weight excluding hydrogens is 244 g/mol. The molecule has 1 saturated carbocycles. The molecule has 2 fully saturated rings. The molecule has 3 N–H and O–H groups in total. The SMILES string of the molecule is CCCCC[C@H](O)/C=C/[C@H]1[C@@H]2CC(O)O[C@@H]2C[C@@H]1O. The number of aliphatic hydroxyl groups excluding tert-OH is 3. The minimum Gasteiger partial charge on any atom is -0.392 e. The lowest BCUT2D eigenvalue weighted by Gasteiger charge is -2.16. The molecule has 0 amide bonds. The van der Waals surface area contributed by atoms with Gasteiger partial charge in [0, 0.05) is 18.8 Å². The van der Waals surface area contributed by atoms with E-state index in [9.17, 15) is 15.3 Å². The Bertz CT molecular complexity index is 305. The second-order valence-corrected chi connectivity index (χ2v) is 5.86. The van der Waals surface area contributed by atoms with Crippen molar-refractivity contribution in [1.82, 2.24) is 0 Å². The van der Waals surface area contributed by atoms with E-state index in [-0.39, 0.29) is 17.9 Å². The van der Waals surface area contributed by atoms with E-state index in [1.807, 2.05) is 6.08 Å². The zero-order chi connectivity index (χ0) is 13.8. The van der Waals surface area contributed by atoms with Crippen LogP contribution in [0.25, 0.3) is 0 Å². The van der Waals surface area contributed by atoms with Crippen molar-refractivity contribution in [1.29, 1.82) is 0 Å². The van der Waals surface area contributed by atoms with Gasteiger partial charge in [-0.15, -0.1) is 0 Å². The summed E-state index contributed by atoms with van der Waals surface area (Å²) in [6.45, 7) is 2.14. The Balaban J connectivity index is 1.83. The highest BCUT2D eigenvalue weighted by Crippen LogP contribution is 2.43. The van der Waals surface area contributed by atoms with Gasteiger partial charge in [0.2, 0.25) is 0 Å². The van der Waals surface area contributed by atoms with Gasteiger partial charge in [0.1, 0.15) is 0 Å². The average molecular weight is 270 g/mol. The molecule has 2 rings (SSSR count). The molecule has 1 saturated heterocycles. The lowest BCUT2D eigenvalue weighted by atomic mass is 9.91. The third-order valence-electron chi connectivity index (χ3n) is 4.35. The van der Waals surface area contributed by atoms with Crippen molar-refractivity contribution in [3.63, 3.8) is 0 Å². The molecule has 110 valence electrons. The summed E-state index contributed by atoms with van der Waals surface area (Å²) in [5.41, 5.74) is 0. The van der Waals surface area contributed by atoms with E-state index in [4.69, 9.17) is 4.74 Å². The maximum atomic E-state index is 10.0. The zero-order valence-electron chi connectivity index (χ0n) is 11.6. The largest absolute Gasteiger partial charge is 0.392 e. The van der Waals surface area contributed by atoms with Crippen LogP contribution in [0.5, 0.6) is 0 Å². The van der Waals surface area contributed by atoms with Crippen molar-refractivity contribution in [3.8, 4) is 0 Å². The predicted molar refractivity (Wildman–Crippen MR) is 72.4 cm³/mol. The third kappa shape index (κ3) is 3.78. The number of fused-ring (bicyclic) bond motifs is 1. The number of aliphatic hydroxyl groups is 3. The highest BCUT2D eigenvalue weighted by molar-refractivity contribution is 5.06. The van der Waals surface area contributed by atoms with Crippen LogP contribution in [0.1, 0.15) is 45.4 Å². The molecule has 0 spiro atoms. The number of ether oxygens (including phenoxy) is 1. The van der Waals surface area contributed by atoms with Crippen LogP contribution < -0.4 is 0 Å². The molecule has 4 nitrogen and oxygen atoms in total. The zero-order valence-corrected chi connectivity index (χ0v) is 11.6. The molecular formula is C15H26O4. The van der Waals surface area contributed by atoms with Crippen LogP contribution in [0.2, 0.25) is 0 Å². The minimum absolute atomic E-state index is 0.00275. The van der Waals surface area contributed by atoms with Gasteiger partial charge < -0.3 is 20.1 Å². The topological polar surface area (TPSA) is 69.9 Å². The van der Waals surface area contributed by atoms with Gasteiger partial charge >= 0.3 is 0 Å². The van der Waals surface area contributed by atoms with Crippen molar-refractivity contribution in [2.45, 2.75) is 70.1 Å². The number of hydrogen-bond donors (Lipinski definition) is 3. The van der Waals surface area contributed by atoms with Gasteiger partial charge in [-0.3, -0.25) is 0 Å². The van der Waals surface area contributed by atoms with Gasteiger partial charge in [0.15, 0.2) is 6.29 Å². The molecule has 0 aromatic rings. The highest BCUT2D eigenvalue weighted by atomic mass is 16.6. The molecule has 0 bridgehead atoms. The number of rotatable bonds is 6. The quantitative estimate of drug-likeness (QED) is 0.506. The summed E-state index contributed by atoms with van der Waals surface area (Å²) in [5, 5.41) is 29.4. The Morgan fingerprint density at radius 1 is 1.26 bits per heavy atom. The standard InChI is InChI=1S/C15H26O4/c1-2-3-4-5-10(16)6-7-11-12-8-15(18)19-14(12)9-13(11)17/h6-7,10-18H,2-5,8-9H2,1H3/b7-6+/t10-,11-,12-,13-,14+,15?/m0/s1. The maximum Gasteiger partial charge on any atom is 0.155 e. The van der Waals surface area contributed by atoms with Crippen LogP contribution in [-0.4, -0.2) is 39.9 Å². The second-order valence-electron chi connectivity index (χ2n) is 5.86. The molecule has 2 aliphatic rings. The maximum absolute atomic E-state index is 10.0. The van der Waals surface area contributed by atoms with Gasteiger partial charge in [-0.25, -0.2) is 0 Å². The fourth-order valence-electron chi connectivity index (χ4n) is 3.29. The summed E-state index contributed by atoms with van der Waals surface area (Å²) < 4.78 is 5.37. The molecule has 0 radical (unpaired) electrons. The first-order chi connectivity index (χ1) is 9.11. The monoisotopic (exact) mass is 270 g/mol. The lowest BCUT2D eigenvalue weighted by molar-refractivity contribution is -0.0949. The normalized spacial score (nSPS) is 39.9. The van der Waals surface area contributed by atoms with Gasteiger partial charge in [0.05, 0.1) is 18.3 Å². The predicted octanol–water partition coefficient (Wildman–Crippen LogP) is 1.59. The van der Waals surface area contributed by atoms with Gasteiger partial charge in [-0.1, -0.05) is 38.3 Å². The van der Waals surface area contributed by atoms with Crippen LogP contribution in [0.3, 0.4) is 0 Å². The van der Waals surface area contributed by atoms with Gasteiger partial charge in [-0.2, -0.15) is 0 Å². The van der Waals surface area contributed by atoms with Crippen molar-refractivity contribution >= 4 is 0 Å². The molecule has 1 aliphatic heterocycles. The van der Waals surface area contributed by atoms with Crippen LogP contribution >= 0.6 is 0 Å². The molecule has 1 unspecified atom stereocenters. The number of hydrogen-bond acceptors (Lipinski definition) is 4. The fourth-order valence-corrected chi connectivity index (χ4v) is 3.29. The van der Waals surface area contributed by atoms with E-state index in [1.54, 1.807) is 6.08 Å². The Morgan fingerprint density at radius 2 is 2.05 bits per heavy atom. The molecule has 6 atom stereocenters. The average Bonchev–Trinajstić information content (AvgIpc) is 2.82. The first-order valence-electron chi connectivity index (χ1n) is 7.49. The van der Waals surface area contributed by atoms with E-state index >= 15 is 0 Å². The van der Waals surface area contributed by atoms with Crippen LogP contribution in [0.15, 0.2) is 12.2 Å². The summed E-state index contributed by atoms with van der Waals surface area (Å²) in [7, 11) is 0. The highest BCUT2D eigenvalue weighted by Gasteiger charge is 2.47. The summed E-state index contributed by atoms with van der Waals surface area (Å²) in [4.78, 5) is 0. The van der Waals surface area contributed by atoms with E-state index in [0.29, 0.717) is 12.8 Å². The van der Waals surface area contributed by atoms with E-state index in [1.165, 1.54) is 0 Å². The lowest BCUT2D eigenvalue weighted by Crippen LogP contribution is -2.19. The van der Waals surface area contributed by atoms with Crippen molar-refractivity contribution in [2.24, 2.45) is 11.8 Å². The van der Waals surface area contributed by atoms with Crippen molar-refractivity contribution in [3.05, 3.63) is 12.2 Å². The summed E-state index contributed by atoms with van der Waals surface area (Å²) in [6, 6.07) is 0. The number of unbranched alkanes of at least 4 members (excludes halogenated alkanes) is 2. The molecule has 1 heterocycles. The van der Waals surface area contributed by atoms with Crippen LogP contribution in [-0.2, 0) is 4.74 Å². The Morgan fingerprint density at radius 3 is 2.79 bits per heavy atom. The first-order valence-corrected chi connectivity index (χ1v) is 7.49.